The Morgan fingerprint density at radius 1 is 0.310 bits per heavy atom. The molecule has 0 bridgehead atoms. The predicted molar refractivity (Wildman–Crippen MR) is 304 cm³/mol. The average Bonchev–Trinajstić information content (AvgIpc) is 3.66. The zero-order valence-corrected chi connectivity index (χ0v) is 42.4. The summed E-state index contributed by atoms with van der Waals surface area (Å²) < 4.78 is 0. The van der Waals surface area contributed by atoms with Crippen molar-refractivity contribution in [1.29, 1.82) is 0 Å². The van der Waals surface area contributed by atoms with E-state index < -0.39 is 0 Å². The van der Waals surface area contributed by atoms with E-state index >= 15 is 0 Å². The number of anilines is 6. The third-order valence-electron chi connectivity index (χ3n) is 16.4. The molecule has 0 spiro atoms. The van der Waals surface area contributed by atoms with Crippen molar-refractivity contribution >= 4 is 34.1 Å². The quantitative estimate of drug-likeness (QED) is 0.0625. The van der Waals surface area contributed by atoms with E-state index in [1.807, 2.05) is 0 Å². The van der Waals surface area contributed by atoms with Crippen LogP contribution in [-0.2, 0) is 31.1 Å². The van der Waals surface area contributed by atoms with Crippen LogP contribution in [0.15, 0.2) is 182 Å². The maximum atomic E-state index is 2.63. The zero-order chi connectivity index (χ0) is 48.0. The molecular weight excluding hydrogens is 857 g/mol. The Bertz CT molecular complexity index is 3040. The molecule has 8 aromatic carbocycles. The van der Waals surface area contributed by atoms with Gasteiger partial charge in [-0.15, -0.1) is 0 Å². The molecule has 2 heteroatoms. The summed E-state index contributed by atoms with van der Waals surface area (Å²) in [5, 5.41) is 0. The first-order valence-electron chi connectivity index (χ1n) is 27.5. The third-order valence-corrected chi connectivity index (χ3v) is 16.4. The van der Waals surface area contributed by atoms with Crippen molar-refractivity contribution < 1.29 is 0 Å². The van der Waals surface area contributed by atoms with Crippen molar-refractivity contribution in [1.82, 2.24) is 0 Å². The van der Waals surface area contributed by atoms with Crippen LogP contribution >= 0.6 is 0 Å². The molecule has 0 saturated carbocycles. The second-order valence-electron chi connectivity index (χ2n) is 21.0. The van der Waals surface area contributed by atoms with Crippen LogP contribution in [0.2, 0.25) is 0 Å². The van der Waals surface area contributed by atoms with Gasteiger partial charge in [-0.1, -0.05) is 200 Å². The third kappa shape index (κ3) is 9.63. The summed E-state index contributed by atoms with van der Waals surface area (Å²) in [5.41, 5.74) is 24.1. The van der Waals surface area contributed by atoms with Gasteiger partial charge in [0, 0.05) is 39.5 Å². The molecule has 0 saturated heterocycles. The van der Waals surface area contributed by atoms with Gasteiger partial charge < -0.3 is 9.80 Å². The van der Waals surface area contributed by atoms with E-state index in [0.29, 0.717) is 0 Å². The summed E-state index contributed by atoms with van der Waals surface area (Å²) in [7, 11) is 0. The maximum Gasteiger partial charge on any atom is 0.0465 e. The van der Waals surface area contributed by atoms with Gasteiger partial charge in [0.15, 0.2) is 0 Å². The molecule has 3 aliphatic carbocycles. The predicted octanol–water partition coefficient (Wildman–Crippen LogP) is 19.9. The van der Waals surface area contributed by atoms with Gasteiger partial charge >= 0.3 is 0 Å². The maximum absolute atomic E-state index is 2.63. The molecule has 71 heavy (non-hydrogen) atoms. The lowest BCUT2D eigenvalue weighted by Gasteiger charge is -2.35. The zero-order valence-electron chi connectivity index (χ0n) is 42.4. The van der Waals surface area contributed by atoms with Crippen LogP contribution in [0.5, 0.6) is 0 Å². The van der Waals surface area contributed by atoms with Gasteiger partial charge in [-0.2, -0.15) is 0 Å². The lowest BCUT2D eigenvalue weighted by Crippen LogP contribution is -2.26. The lowest BCUT2D eigenvalue weighted by molar-refractivity contribution is 0.398. The van der Waals surface area contributed by atoms with Crippen molar-refractivity contribution in [2.75, 3.05) is 9.80 Å². The van der Waals surface area contributed by atoms with Crippen molar-refractivity contribution in [2.24, 2.45) is 0 Å². The fourth-order valence-corrected chi connectivity index (χ4v) is 12.2. The first-order valence-corrected chi connectivity index (χ1v) is 27.5. The Labute approximate surface area is 425 Å². The molecule has 2 nitrogen and oxygen atoms in total. The van der Waals surface area contributed by atoms with Gasteiger partial charge in [0.25, 0.3) is 0 Å². The Morgan fingerprint density at radius 3 is 1.15 bits per heavy atom. The standard InChI is InChI=1S/C69H72N2/c1-3-5-7-9-11-19-45-69(46-20-12-10-8-6-4-2)67-49-63(41-43-65(67)66-44-42-64(50-68(66)69)71(60-23-17-14-18-24-60)62-40-37-55-31-34-58(55)48-62)70(59-21-15-13-16-22-59)61-38-35-52(36-39-61)51-25-27-53(28-26-51)56-32-29-54-30-33-57(54)47-56/h13-18,21-29,32,35-44,47-50H,3-12,19-20,30-31,33-34,45-46H2,1-2H3. The number of fused-ring (bicyclic) bond motifs is 5. The summed E-state index contributed by atoms with van der Waals surface area (Å²) in [6.45, 7) is 4.66. The number of para-hydroxylation sites is 2. The van der Waals surface area contributed by atoms with Crippen molar-refractivity contribution in [2.45, 2.75) is 135 Å². The molecule has 0 heterocycles. The number of unbranched alkanes of at least 4 members (excludes halogenated alkanes) is 10. The average molecular weight is 929 g/mol. The van der Waals surface area contributed by atoms with Crippen molar-refractivity contribution in [3.05, 3.63) is 215 Å². The monoisotopic (exact) mass is 929 g/mol. The molecule has 0 unspecified atom stereocenters. The van der Waals surface area contributed by atoms with Gasteiger partial charge in [-0.25, -0.2) is 0 Å². The number of hydrogen-bond acceptors (Lipinski definition) is 2. The first kappa shape index (κ1) is 46.7. The van der Waals surface area contributed by atoms with Crippen LogP contribution < -0.4 is 9.80 Å². The molecule has 0 fully saturated rings. The minimum absolute atomic E-state index is 0.103. The highest BCUT2D eigenvalue weighted by atomic mass is 15.1. The smallest absolute Gasteiger partial charge is 0.0465 e. The van der Waals surface area contributed by atoms with Crippen LogP contribution in [0, 0.1) is 0 Å². The number of rotatable bonds is 22. The molecule has 0 N–H and O–H groups in total. The SMILES string of the molecule is CCCCCCCCC1(CCCCCCCC)c2cc(N(c3ccccc3)c3ccc(-c4ccc(-c5ccc6c(c5)CC6)cc4)cc3)ccc2-c2ccc(N(c3ccccc3)c3ccc4c(c3)CC4)cc21. The minimum Gasteiger partial charge on any atom is -0.310 e. The summed E-state index contributed by atoms with van der Waals surface area (Å²) >= 11 is 0. The van der Waals surface area contributed by atoms with Crippen molar-refractivity contribution in [3.63, 3.8) is 0 Å². The normalized spacial score (nSPS) is 13.6. The van der Waals surface area contributed by atoms with E-state index in [1.54, 1.807) is 0 Å². The second-order valence-corrected chi connectivity index (χ2v) is 21.0. The van der Waals surface area contributed by atoms with Crippen LogP contribution in [0.3, 0.4) is 0 Å². The van der Waals surface area contributed by atoms with Gasteiger partial charge in [-0.3, -0.25) is 0 Å². The van der Waals surface area contributed by atoms with E-state index in [9.17, 15) is 0 Å². The second kappa shape index (κ2) is 21.4. The highest BCUT2D eigenvalue weighted by molar-refractivity contribution is 5.89. The Morgan fingerprint density at radius 2 is 0.676 bits per heavy atom. The Kier molecular flexibility index (Phi) is 14.1. The summed E-state index contributed by atoms with van der Waals surface area (Å²) in [6.07, 6.45) is 22.7. The van der Waals surface area contributed by atoms with Gasteiger partial charge in [-0.05, 0) is 178 Å². The highest BCUT2D eigenvalue weighted by Crippen LogP contribution is 2.57. The molecule has 0 atom stereocenters. The van der Waals surface area contributed by atoms with Gasteiger partial charge in [0.2, 0.25) is 0 Å². The molecule has 8 aromatic rings. The molecule has 3 aliphatic rings. The molecular formula is C69H72N2. The highest BCUT2D eigenvalue weighted by Gasteiger charge is 2.43. The van der Waals surface area contributed by atoms with Gasteiger partial charge in [0.05, 0.1) is 0 Å². The number of benzene rings is 8. The van der Waals surface area contributed by atoms with Gasteiger partial charge in [0.1, 0.15) is 0 Å². The van der Waals surface area contributed by atoms with Crippen LogP contribution in [0.1, 0.15) is 137 Å². The first-order chi connectivity index (χ1) is 35.1. The van der Waals surface area contributed by atoms with E-state index in [1.165, 1.54) is 204 Å². The Balaban J connectivity index is 0.989. The fraction of sp³-hybridized carbons (Fsp3) is 0.304. The summed E-state index contributed by atoms with van der Waals surface area (Å²) in [4.78, 5) is 5.02. The van der Waals surface area contributed by atoms with E-state index in [4.69, 9.17) is 0 Å². The number of hydrogen-bond donors (Lipinski definition) is 0. The van der Waals surface area contributed by atoms with E-state index in [0.717, 1.165) is 12.8 Å². The van der Waals surface area contributed by atoms with E-state index in [2.05, 4.69) is 206 Å². The topological polar surface area (TPSA) is 6.48 Å². The molecule has 0 radical (unpaired) electrons. The van der Waals surface area contributed by atoms with Crippen LogP contribution in [0.4, 0.5) is 34.1 Å². The van der Waals surface area contributed by atoms with Crippen molar-refractivity contribution in [3.8, 4) is 33.4 Å². The largest absolute Gasteiger partial charge is 0.310 e. The lowest BCUT2D eigenvalue weighted by atomic mass is 9.70. The fourth-order valence-electron chi connectivity index (χ4n) is 12.2. The number of nitrogens with zero attached hydrogens (tertiary/aromatic N) is 2. The summed E-state index contributed by atoms with van der Waals surface area (Å²) in [6, 6.07) is 69.8. The molecule has 0 aliphatic heterocycles. The van der Waals surface area contributed by atoms with E-state index in [-0.39, 0.29) is 5.41 Å². The van der Waals surface area contributed by atoms with Crippen LogP contribution in [-0.4, -0.2) is 0 Å². The molecule has 11 rings (SSSR count). The van der Waals surface area contributed by atoms with Crippen LogP contribution in [0.25, 0.3) is 33.4 Å². The minimum atomic E-state index is -0.103. The molecule has 0 aromatic heterocycles. The Hall–Kier alpha value is -6.64. The molecule has 0 amide bonds. The molecule has 358 valence electrons. The summed E-state index contributed by atoms with van der Waals surface area (Å²) in [5.74, 6) is 0. The number of aryl methyl sites for hydroxylation is 4.